The van der Waals surface area contributed by atoms with Crippen molar-refractivity contribution >= 4 is 11.4 Å². The minimum absolute atomic E-state index is 0.338. The molecule has 1 saturated carbocycles. The van der Waals surface area contributed by atoms with Crippen molar-refractivity contribution in [3.05, 3.63) is 34.1 Å². The average molecular weight is 266 g/mol. The van der Waals surface area contributed by atoms with E-state index in [1.165, 1.54) is 38.2 Å². The smallest absolute Gasteiger partial charge is 0.306 e. The van der Waals surface area contributed by atoms with Crippen molar-refractivity contribution in [1.29, 1.82) is 0 Å². The van der Waals surface area contributed by atoms with Crippen LogP contribution in [0.2, 0.25) is 0 Å². The van der Waals surface area contributed by atoms with Gasteiger partial charge in [-0.05, 0) is 25.0 Å². The molecule has 19 heavy (non-hydrogen) atoms. The Morgan fingerprint density at radius 3 is 2.42 bits per heavy atom. The van der Waals surface area contributed by atoms with Crippen LogP contribution < -0.4 is 5.32 Å². The van der Waals surface area contributed by atoms with E-state index in [0.29, 0.717) is 11.7 Å². The van der Waals surface area contributed by atoms with E-state index in [4.69, 9.17) is 0 Å². The molecule has 1 aromatic rings. The third-order valence-electron chi connectivity index (χ3n) is 3.62. The fraction of sp³-hybridized carbons (Fsp3) is 0.571. The number of rotatable bonds is 3. The summed E-state index contributed by atoms with van der Waals surface area (Å²) in [6, 6.07) is 4.35. The molecule has 0 saturated heterocycles. The molecule has 0 spiro atoms. The molecule has 4 nitrogen and oxygen atoms in total. The van der Waals surface area contributed by atoms with Crippen molar-refractivity contribution in [2.45, 2.75) is 51.0 Å². The minimum atomic E-state index is -0.784. The summed E-state index contributed by atoms with van der Waals surface area (Å²) < 4.78 is 13.2. The van der Waals surface area contributed by atoms with Gasteiger partial charge in [0.1, 0.15) is 0 Å². The van der Waals surface area contributed by atoms with Crippen LogP contribution in [0, 0.1) is 15.9 Å². The summed E-state index contributed by atoms with van der Waals surface area (Å²) in [4.78, 5) is 10.0. The Kier molecular flexibility index (Phi) is 4.71. The van der Waals surface area contributed by atoms with Gasteiger partial charge in [0, 0.05) is 17.8 Å². The number of benzene rings is 1. The molecule has 0 atom stereocenters. The van der Waals surface area contributed by atoms with Crippen LogP contribution >= 0.6 is 0 Å². The Bertz CT molecular complexity index is 443. The van der Waals surface area contributed by atoms with E-state index < -0.39 is 16.4 Å². The van der Waals surface area contributed by atoms with E-state index in [0.717, 1.165) is 18.9 Å². The first kappa shape index (κ1) is 13.8. The molecule has 1 aliphatic rings. The van der Waals surface area contributed by atoms with Crippen molar-refractivity contribution in [3.8, 4) is 0 Å². The van der Waals surface area contributed by atoms with Crippen LogP contribution in [0.5, 0.6) is 0 Å². The normalized spacial score (nSPS) is 17.5. The number of hydrogen-bond acceptors (Lipinski definition) is 3. The van der Waals surface area contributed by atoms with Crippen LogP contribution in [0.1, 0.15) is 44.9 Å². The van der Waals surface area contributed by atoms with Crippen LogP contribution in [0.4, 0.5) is 15.8 Å². The van der Waals surface area contributed by atoms with Gasteiger partial charge >= 0.3 is 5.69 Å². The Hall–Kier alpha value is -1.65. The fourth-order valence-electron chi connectivity index (χ4n) is 2.58. The zero-order chi connectivity index (χ0) is 13.7. The highest BCUT2D eigenvalue weighted by Gasteiger charge is 2.16. The topological polar surface area (TPSA) is 55.2 Å². The number of hydrogen-bond donors (Lipinski definition) is 1. The highest BCUT2D eigenvalue weighted by Crippen LogP contribution is 2.25. The van der Waals surface area contributed by atoms with Crippen LogP contribution in [0.15, 0.2) is 18.2 Å². The summed E-state index contributed by atoms with van der Waals surface area (Å²) in [7, 11) is 0. The van der Waals surface area contributed by atoms with Crippen molar-refractivity contribution < 1.29 is 9.31 Å². The molecular formula is C14H19FN2O2. The lowest BCUT2D eigenvalue weighted by Gasteiger charge is -2.22. The molecule has 1 aromatic carbocycles. The van der Waals surface area contributed by atoms with Crippen molar-refractivity contribution in [2.24, 2.45) is 0 Å². The van der Waals surface area contributed by atoms with Crippen molar-refractivity contribution in [3.63, 3.8) is 0 Å². The summed E-state index contributed by atoms with van der Waals surface area (Å²) in [5, 5.41) is 14.0. The van der Waals surface area contributed by atoms with Crippen molar-refractivity contribution in [2.75, 3.05) is 5.32 Å². The Morgan fingerprint density at radius 1 is 1.16 bits per heavy atom. The summed E-state index contributed by atoms with van der Waals surface area (Å²) in [6.45, 7) is 0. The molecule has 0 aliphatic heterocycles. The molecule has 5 heteroatoms. The summed E-state index contributed by atoms with van der Waals surface area (Å²) in [5.74, 6) is -0.784. The van der Waals surface area contributed by atoms with Gasteiger partial charge in [0.15, 0.2) is 0 Å². The lowest BCUT2D eigenvalue weighted by molar-refractivity contribution is -0.387. The molecule has 0 unspecified atom stereocenters. The van der Waals surface area contributed by atoms with Gasteiger partial charge in [-0.2, -0.15) is 4.39 Å². The molecule has 0 heterocycles. The van der Waals surface area contributed by atoms with E-state index in [-0.39, 0.29) is 0 Å². The molecule has 0 bridgehead atoms. The highest BCUT2D eigenvalue weighted by atomic mass is 19.1. The summed E-state index contributed by atoms with van der Waals surface area (Å²) in [5.41, 5.74) is 0.175. The second kappa shape index (κ2) is 6.50. The van der Waals surface area contributed by atoms with Gasteiger partial charge < -0.3 is 5.32 Å². The quantitative estimate of drug-likeness (QED) is 0.657. The predicted molar refractivity (Wildman–Crippen MR) is 72.8 cm³/mol. The molecule has 0 aromatic heterocycles. The number of halogens is 1. The maximum atomic E-state index is 13.2. The lowest BCUT2D eigenvalue weighted by atomic mass is 9.96. The van der Waals surface area contributed by atoms with E-state index in [2.05, 4.69) is 5.32 Å². The number of anilines is 1. The van der Waals surface area contributed by atoms with E-state index >= 15 is 0 Å². The van der Waals surface area contributed by atoms with Gasteiger partial charge in [-0.25, -0.2) is 0 Å². The third kappa shape index (κ3) is 3.91. The van der Waals surface area contributed by atoms with Gasteiger partial charge in [0.05, 0.1) is 4.92 Å². The first-order valence-corrected chi connectivity index (χ1v) is 6.87. The van der Waals surface area contributed by atoms with Gasteiger partial charge in [-0.3, -0.25) is 10.1 Å². The molecule has 104 valence electrons. The van der Waals surface area contributed by atoms with Crippen molar-refractivity contribution in [1.82, 2.24) is 0 Å². The Labute approximate surface area is 112 Å². The molecular weight excluding hydrogens is 247 g/mol. The largest absolute Gasteiger partial charge is 0.382 e. The average Bonchev–Trinajstić information content (AvgIpc) is 2.34. The van der Waals surface area contributed by atoms with Crippen LogP contribution in [-0.2, 0) is 0 Å². The second-order valence-electron chi connectivity index (χ2n) is 5.11. The molecule has 0 radical (unpaired) electrons. The molecule has 1 N–H and O–H groups in total. The van der Waals surface area contributed by atoms with Crippen LogP contribution in [0.25, 0.3) is 0 Å². The number of nitrogens with zero attached hydrogens (tertiary/aromatic N) is 1. The predicted octanol–water partition coefficient (Wildman–Crippen LogP) is 4.26. The zero-order valence-electron chi connectivity index (χ0n) is 10.9. The number of nitro benzene ring substituents is 1. The minimum Gasteiger partial charge on any atom is -0.382 e. The van der Waals surface area contributed by atoms with Crippen LogP contribution in [0.3, 0.4) is 0 Å². The van der Waals surface area contributed by atoms with Gasteiger partial charge in [-0.1, -0.05) is 32.1 Å². The van der Waals surface area contributed by atoms with Gasteiger partial charge in [0.2, 0.25) is 5.82 Å². The Balaban J connectivity index is 2.05. The SMILES string of the molecule is O=[N+]([O-])c1cc(NC2CCCCCCC2)ccc1F. The highest BCUT2D eigenvalue weighted by molar-refractivity contribution is 5.52. The molecule has 1 fully saturated rings. The van der Waals surface area contributed by atoms with Crippen LogP contribution in [-0.4, -0.2) is 11.0 Å². The van der Waals surface area contributed by atoms with E-state index in [1.54, 1.807) is 6.07 Å². The fourth-order valence-corrected chi connectivity index (χ4v) is 2.58. The number of nitrogens with one attached hydrogen (secondary N) is 1. The lowest BCUT2D eigenvalue weighted by Crippen LogP contribution is -2.20. The first-order chi connectivity index (χ1) is 9.16. The maximum Gasteiger partial charge on any atom is 0.306 e. The monoisotopic (exact) mass is 266 g/mol. The molecule has 1 aliphatic carbocycles. The number of nitro groups is 1. The van der Waals surface area contributed by atoms with Gasteiger partial charge in [0.25, 0.3) is 0 Å². The second-order valence-corrected chi connectivity index (χ2v) is 5.11. The van der Waals surface area contributed by atoms with Gasteiger partial charge in [-0.15, -0.1) is 0 Å². The standard InChI is InChI=1S/C14H19FN2O2/c15-13-9-8-12(10-14(13)17(18)19)16-11-6-4-2-1-3-5-7-11/h8-11,16H,1-7H2. The summed E-state index contributed by atoms with van der Waals surface area (Å²) >= 11 is 0. The third-order valence-corrected chi connectivity index (χ3v) is 3.62. The molecule has 0 amide bonds. The first-order valence-electron chi connectivity index (χ1n) is 6.87. The van der Waals surface area contributed by atoms with E-state index in [9.17, 15) is 14.5 Å². The summed E-state index contributed by atoms with van der Waals surface area (Å²) in [6.07, 6.45) is 8.32. The maximum absolute atomic E-state index is 13.2. The Morgan fingerprint density at radius 2 is 1.79 bits per heavy atom. The molecule has 2 rings (SSSR count). The van der Waals surface area contributed by atoms with E-state index in [1.807, 2.05) is 0 Å². The zero-order valence-corrected chi connectivity index (χ0v) is 10.9.